The number of carbonyl (C=O) groups is 2. The minimum atomic E-state index is -0.953. The Labute approximate surface area is 129 Å². The van der Waals surface area contributed by atoms with E-state index in [1.54, 1.807) is 17.4 Å². The Balaban J connectivity index is 1.99. The largest absolute Gasteiger partial charge is 0.478 e. The Morgan fingerprint density at radius 2 is 2.24 bits per heavy atom. The minimum absolute atomic E-state index is 0.148. The molecule has 0 radical (unpaired) electrons. The van der Waals surface area contributed by atoms with E-state index in [0.717, 1.165) is 23.1 Å². The van der Waals surface area contributed by atoms with Gasteiger partial charge in [-0.1, -0.05) is 20.8 Å². The van der Waals surface area contributed by atoms with Gasteiger partial charge in [-0.05, 0) is 34.4 Å². The predicted molar refractivity (Wildman–Crippen MR) is 84.0 cm³/mol. The van der Waals surface area contributed by atoms with E-state index in [2.05, 4.69) is 20.8 Å². The van der Waals surface area contributed by atoms with Crippen molar-refractivity contribution in [2.24, 2.45) is 11.3 Å². The summed E-state index contributed by atoms with van der Waals surface area (Å²) < 4.78 is 0. The number of rotatable bonds is 4. The van der Waals surface area contributed by atoms with Crippen LogP contribution in [0.4, 0.5) is 0 Å². The van der Waals surface area contributed by atoms with Crippen LogP contribution in [0, 0.1) is 11.3 Å². The highest BCUT2D eigenvalue weighted by atomic mass is 32.1. The van der Waals surface area contributed by atoms with E-state index < -0.39 is 5.97 Å². The number of likely N-dealkylation sites (tertiary alicyclic amines) is 1. The number of hydrogen-bond acceptors (Lipinski definition) is 3. The SMILES string of the molecule is CC(C)(C)C1CC(=O)N(Cc2cc(/C=C/C(=O)O)cs2)C1. The molecule has 1 fully saturated rings. The van der Waals surface area contributed by atoms with Crippen LogP contribution < -0.4 is 0 Å². The molecule has 0 spiro atoms. The molecule has 1 aromatic heterocycles. The summed E-state index contributed by atoms with van der Waals surface area (Å²) >= 11 is 1.56. The number of amides is 1. The fraction of sp³-hybridized carbons (Fsp3) is 0.500. The maximum atomic E-state index is 12.1. The average molecular weight is 307 g/mol. The van der Waals surface area contributed by atoms with Gasteiger partial charge in [0.05, 0.1) is 6.54 Å². The molecule has 5 heteroatoms. The number of hydrogen-bond donors (Lipinski definition) is 1. The maximum Gasteiger partial charge on any atom is 0.328 e. The standard InChI is InChI=1S/C16H21NO3S/c1-16(2,3)12-7-14(18)17(8-12)9-13-6-11(10-21-13)4-5-15(19)20/h4-6,10,12H,7-9H2,1-3H3,(H,19,20)/b5-4+. The van der Waals surface area contributed by atoms with Crippen molar-refractivity contribution in [2.45, 2.75) is 33.7 Å². The highest BCUT2D eigenvalue weighted by Gasteiger charge is 2.36. The van der Waals surface area contributed by atoms with Gasteiger partial charge in [-0.15, -0.1) is 11.3 Å². The molecular formula is C16H21NO3S. The van der Waals surface area contributed by atoms with Gasteiger partial charge in [-0.3, -0.25) is 4.79 Å². The molecule has 0 bridgehead atoms. The van der Waals surface area contributed by atoms with Crippen molar-refractivity contribution in [3.8, 4) is 0 Å². The van der Waals surface area contributed by atoms with Gasteiger partial charge >= 0.3 is 5.97 Å². The Hall–Kier alpha value is -1.62. The Morgan fingerprint density at radius 3 is 2.81 bits per heavy atom. The molecule has 21 heavy (non-hydrogen) atoms. The normalized spacial score (nSPS) is 19.7. The summed E-state index contributed by atoms with van der Waals surface area (Å²) in [5.74, 6) is -0.340. The first-order valence-corrected chi connectivity index (χ1v) is 7.90. The lowest BCUT2D eigenvalue weighted by molar-refractivity contribution is -0.131. The third-order valence-corrected chi connectivity index (χ3v) is 4.82. The summed E-state index contributed by atoms with van der Waals surface area (Å²) in [5, 5.41) is 10.5. The van der Waals surface area contributed by atoms with E-state index in [4.69, 9.17) is 5.11 Å². The number of carboxylic acid groups (broad SMARTS) is 1. The molecule has 1 N–H and O–H groups in total. The van der Waals surface area contributed by atoms with Gasteiger partial charge < -0.3 is 10.0 Å². The molecule has 0 aliphatic carbocycles. The van der Waals surface area contributed by atoms with Crippen molar-refractivity contribution in [3.05, 3.63) is 28.0 Å². The van der Waals surface area contributed by atoms with Gasteiger partial charge in [0.2, 0.25) is 5.91 Å². The molecule has 1 aliphatic rings. The molecule has 4 nitrogen and oxygen atoms in total. The number of thiophene rings is 1. The number of aliphatic carboxylic acids is 1. The van der Waals surface area contributed by atoms with Gasteiger partial charge in [0, 0.05) is 23.9 Å². The van der Waals surface area contributed by atoms with Crippen LogP contribution in [0.2, 0.25) is 0 Å². The minimum Gasteiger partial charge on any atom is -0.478 e. The first-order chi connectivity index (χ1) is 9.75. The first-order valence-electron chi connectivity index (χ1n) is 7.02. The average Bonchev–Trinajstić information content (AvgIpc) is 2.94. The quantitative estimate of drug-likeness (QED) is 0.869. The molecule has 2 rings (SSSR count). The lowest BCUT2D eigenvalue weighted by atomic mass is 9.80. The number of carbonyl (C=O) groups excluding carboxylic acids is 1. The highest BCUT2D eigenvalue weighted by Crippen LogP contribution is 2.35. The van der Waals surface area contributed by atoms with Crippen molar-refractivity contribution in [2.75, 3.05) is 6.54 Å². The van der Waals surface area contributed by atoms with Crippen LogP contribution in [-0.2, 0) is 16.1 Å². The fourth-order valence-corrected chi connectivity index (χ4v) is 3.30. The predicted octanol–water partition coefficient (Wildman–Crippen LogP) is 3.24. The van der Waals surface area contributed by atoms with Crippen molar-refractivity contribution >= 4 is 29.3 Å². The summed E-state index contributed by atoms with van der Waals surface area (Å²) in [6.07, 6.45) is 3.33. The van der Waals surface area contributed by atoms with Crippen molar-refractivity contribution in [1.29, 1.82) is 0 Å². The molecule has 1 atom stereocenters. The van der Waals surface area contributed by atoms with Crippen LogP contribution in [-0.4, -0.2) is 28.4 Å². The second-order valence-electron chi connectivity index (χ2n) is 6.56. The van der Waals surface area contributed by atoms with E-state index in [9.17, 15) is 9.59 Å². The maximum absolute atomic E-state index is 12.1. The molecule has 1 aliphatic heterocycles. The topological polar surface area (TPSA) is 57.6 Å². The van der Waals surface area contributed by atoms with Crippen LogP contribution in [0.1, 0.15) is 37.6 Å². The van der Waals surface area contributed by atoms with E-state index in [1.807, 2.05) is 16.3 Å². The monoisotopic (exact) mass is 307 g/mol. The molecule has 1 saturated heterocycles. The van der Waals surface area contributed by atoms with E-state index in [0.29, 0.717) is 18.9 Å². The number of carboxylic acids is 1. The Kier molecular flexibility index (Phi) is 4.52. The van der Waals surface area contributed by atoms with Crippen molar-refractivity contribution < 1.29 is 14.7 Å². The van der Waals surface area contributed by atoms with Gasteiger partial charge in [0.1, 0.15) is 0 Å². The molecular weight excluding hydrogens is 286 g/mol. The zero-order valence-corrected chi connectivity index (χ0v) is 13.4. The van der Waals surface area contributed by atoms with E-state index >= 15 is 0 Å². The van der Waals surface area contributed by atoms with Gasteiger partial charge in [-0.25, -0.2) is 4.79 Å². The molecule has 1 amide bonds. The van der Waals surface area contributed by atoms with Gasteiger partial charge in [-0.2, -0.15) is 0 Å². The number of nitrogens with zero attached hydrogens (tertiary/aromatic N) is 1. The van der Waals surface area contributed by atoms with Crippen LogP contribution in [0.25, 0.3) is 6.08 Å². The lowest BCUT2D eigenvalue weighted by Gasteiger charge is -2.26. The van der Waals surface area contributed by atoms with Crippen LogP contribution in [0.5, 0.6) is 0 Å². The summed E-state index contributed by atoms with van der Waals surface area (Å²) in [4.78, 5) is 25.6. The van der Waals surface area contributed by atoms with Crippen molar-refractivity contribution in [1.82, 2.24) is 4.90 Å². The summed E-state index contributed by atoms with van der Waals surface area (Å²) in [6.45, 7) is 7.95. The zero-order valence-electron chi connectivity index (χ0n) is 12.6. The molecule has 1 unspecified atom stereocenters. The zero-order chi connectivity index (χ0) is 15.6. The van der Waals surface area contributed by atoms with Gasteiger partial charge in [0.15, 0.2) is 0 Å². The van der Waals surface area contributed by atoms with Gasteiger partial charge in [0.25, 0.3) is 0 Å². The highest BCUT2D eigenvalue weighted by molar-refractivity contribution is 7.10. The smallest absolute Gasteiger partial charge is 0.328 e. The van der Waals surface area contributed by atoms with Crippen molar-refractivity contribution in [3.63, 3.8) is 0 Å². The first kappa shape index (κ1) is 15.8. The third kappa shape index (κ3) is 4.17. The summed E-state index contributed by atoms with van der Waals surface area (Å²) in [7, 11) is 0. The third-order valence-electron chi connectivity index (χ3n) is 3.88. The molecule has 0 saturated carbocycles. The Morgan fingerprint density at radius 1 is 1.52 bits per heavy atom. The second kappa shape index (κ2) is 6.02. The second-order valence-corrected chi connectivity index (χ2v) is 7.56. The van der Waals surface area contributed by atoms with Crippen LogP contribution in [0.15, 0.2) is 17.5 Å². The van der Waals surface area contributed by atoms with Crippen LogP contribution >= 0.6 is 11.3 Å². The van der Waals surface area contributed by atoms with E-state index in [1.165, 1.54) is 0 Å². The molecule has 1 aromatic rings. The molecule has 0 aromatic carbocycles. The summed E-state index contributed by atoms with van der Waals surface area (Å²) in [6, 6.07) is 1.95. The lowest BCUT2D eigenvalue weighted by Crippen LogP contribution is -2.27. The molecule has 114 valence electrons. The molecule has 2 heterocycles. The van der Waals surface area contributed by atoms with E-state index in [-0.39, 0.29) is 11.3 Å². The fourth-order valence-electron chi connectivity index (χ4n) is 2.43. The Bertz CT molecular complexity index is 568. The summed E-state index contributed by atoms with van der Waals surface area (Å²) in [5.41, 5.74) is 1.02. The van der Waals surface area contributed by atoms with Crippen LogP contribution in [0.3, 0.4) is 0 Å².